The minimum Gasteiger partial charge on any atom is -0.465 e. The van der Waals surface area contributed by atoms with Crippen LogP contribution in [0.5, 0.6) is 0 Å². The summed E-state index contributed by atoms with van der Waals surface area (Å²) in [6.45, 7) is 9.56. The van der Waals surface area contributed by atoms with Gasteiger partial charge in [0.15, 0.2) is 0 Å². The van der Waals surface area contributed by atoms with Gasteiger partial charge in [-0.2, -0.15) is 0 Å². The van der Waals surface area contributed by atoms with Gasteiger partial charge in [0.05, 0.1) is 6.61 Å². The first-order valence-electron chi connectivity index (χ1n) is 12.5. The topological polar surface area (TPSA) is 78.9 Å². The van der Waals surface area contributed by atoms with Gasteiger partial charge in [0.1, 0.15) is 12.2 Å². The van der Waals surface area contributed by atoms with E-state index >= 15 is 0 Å². The van der Waals surface area contributed by atoms with E-state index in [0.29, 0.717) is 30.3 Å². The molecule has 0 N–H and O–H groups in total. The zero-order chi connectivity index (χ0) is 23.3. The zero-order valence-electron chi connectivity index (χ0n) is 20.4. The van der Waals surface area contributed by atoms with Crippen LogP contribution in [-0.4, -0.2) is 36.7 Å². The molecule has 4 aliphatic carbocycles. The Hall–Kier alpha value is -1.59. The highest BCUT2D eigenvalue weighted by molar-refractivity contribution is 5.67. The molecule has 0 aromatic carbocycles. The Balaban J connectivity index is 1.54. The van der Waals surface area contributed by atoms with Crippen molar-refractivity contribution in [3.63, 3.8) is 0 Å². The van der Waals surface area contributed by atoms with Gasteiger partial charge >= 0.3 is 17.9 Å². The van der Waals surface area contributed by atoms with Gasteiger partial charge < -0.3 is 14.2 Å². The lowest BCUT2D eigenvalue weighted by atomic mass is 9.45. The molecule has 0 radical (unpaired) electrons. The Kier molecular flexibility index (Phi) is 6.36. The van der Waals surface area contributed by atoms with Gasteiger partial charge in [-0.25, -0.2) is 0 Å². The molecule has 0 aromatic rings. The predicted octanol–water partition coefficient (Wildman–Crippen LogP) is 4.68. The molecule has 0 saturated heterocycles. The third-order valence-corrected chi connectivity index (χ3v) is 9.82. The number of carbonyl (C=O) groups is 3. The molecule has 9 atom stereocenters. The molecular weight excluding hydrogens is 408 g/mol. The Morgan fingerprint density at radius 1 is 0.781 bits per heavy atom. The first kappa shape index (κ1) is 23.6. The van der Waals surface area contributed by atoms with E-state index in [1.165, 1.54) is 33.6 Å². The van der Waals surface area contributed by atoms with Gasteiger partial charge in [0.25, 0.3) is 0 Å². The molecule has 0 amide bonds. The molecule has 0 heterocycles. The maximum absolute atomic E-state index is 12.0. The highest BCUT2D eigenvalue weighted by Crippen LogP contribution is 2.67. The summed E-state index contributed by atoms with van der Waals surface area (Å²) < 4.78 is 16.9. The lowest BCUT2D eigenvalue weighted by Gasteiger charge is -2.60. The van der Waals surface area contributed by atoms with Crippen LogP contribution in [0.25, 0.3) is 0 Å². The number of hydrogen-bond donors (Lipinski definition) is 0. The number of fused-ring (bicyclic) bond motifs is 5. The van der Waals surface area contributed by atoms with Crippen molar-refractivity contribution in [2.75, 3.05) is 6.61 Å². The second-order valence-electron chi connectivity index (χ2n) is 11.5. The van der Waals surface area contributed by atoms with Gasteiger partial charge in [0.2, 0.25) is 0 Å². The van der Waals surface area contributed by atoms with Gasteiger partial charge in [-0.3, -0.25) is 14.4 Å². The molecule has 0 aromatic heterocycles. The summed E-state index contributed by atoms with van der Waals surface area (Å²) in [5, 5.41) is 0. The maximum atomic E-state index is 12.0. The summed E-state index contributed by atoms with van der Waals surface area (Å²) in [6.07, 6.45) is 8.48. The SMILES string of the molecule is CC(=O)OC[C@H]1C[C@H]2[C@@H]3CC[C@H]4C[C@@H](OC(C)=O)CC[C@]4(C)[C@H]3CC[C@]2(C)[C@@H]1OC(C)=O. The van der Waals surface area contributed by atoms with Crippen molar-refractivity contribution < 1.29 is 28.6 Å². The summed E-state index contributed by atoms with van der Waals surface area (Å²) in [7, 11) is 0. The number of ether oxygens (including phenoxy) is 3. The number of rotatable bonds is 4. The minimum absolute atomic E-state index is 0.0597. The van der Waals surface area contributed by atoms with E-state index in [2.05, 4.69) is 13.8 Å². The van der Waals surface area contributed by atoms with Crippen LogP contribution in [0.2, 0.25) is 0 Å². The molecule has 4 fully saturated rings. The smallest absolute Gasteiger partial charge is 0.302 e. The van der Waals surface area contributed by atoms with E-state index < -0.39 is 0 Å². The Labute approximate surface area is 192 Å². The molecule has 0 bridgehead atoms. The summed E-state index contributed by atoms with van der Waals surface area (Å²) in [5.74, 6) is 1.74. The van der Waals surface area contributed by atoms with Gasteiger partial charge in [0, 0.05) is 32.1 Å². The second kappa shape index (κ2) is 8.64. The molecule has 4 aliphatic rings. The Bertz CT molecular complexity index is 763. The van der Waals surface area contributed by atoms with Gasteiger partial charge in [-0.15, -0.1) is 0 Å². The number of hydrogen-bond acceptors (Lipinski definition) is 6. The molecule has 0 aliphatic heterocycles. The summed E-state index contributed by atoms with van der Waals surface area (Å²) in [5.41, 5.74) is 0.224. The average Bonchev–Trinajstić information content (AvgIpc) is 2.98. The van der Waals surface area contributed by atoms with E-state index in [1.54, 1.807) is 0 Å². The van der Waals surface area contributed by atoms with E-state index in [-0.39, 0.29) is 46.9 Å². The molecule has 6 nitrogen and oxygen atoms in total. The number of esters is 3. The summed E-state index contributed by atoms with van der Waals surface area (Å²) in [4.78, 5) is 34.9. The molecular formula is C26H40O6. The first-order valence-corrected chi connectivity index (χ1v) is 12.5. The third kappa shape index (κ3) is 4.07. The lowest BCUT2D eigenvalue weighted by Crippen LogP contribution is -2.55. The van der Waals surface area contributed by atoms with Gasteiger partial charge in [-0.05, 0) is 80.5 Å². The van der Waals surface area contributed by atoms with Crippen LogP contribution in [-0.2, 0) is 28.6 Å². The van der Waals surface area contributed by atoms with Crippen molar-refractivity contribution in [1.82, 2.24) is 0 Å². The van der Waals surface area contributed by atoms with Crippen molar-refractivity contribution in [2.45, 2.75) is 98.2 Å². The fourth-order valence-electron chi connectivity index (χ4n) is 8.48. The molecule has 4 rings (SSSR count). The van der Waals surface area contributed by atoms with Crippen molar-refractivity contribution in [3.05, 3.63) is 0 Å². The van der Waals surface area contributed by atoms with E-state index in [1.807, 2.05) is 0 Å². The lowest BCUT2D eigenvalue weighted by molar-refractivity contribution is -0.170. The van der Waals surface area contributed by atoms with E-state index in [0.717, 1.165) is 38.5 Å². The summed E-state index contributed by atoms with van der Waals surface area (Å²) in [6, 6.07) is 0. The molecule has 0 unspecified atom stereocenters. The van der Waals surface area contributed by atoms with Crippen LogP contribution in [0.3, 0.4) is 0 Å². The van der Waals surface area contributed by atoms with E-state index in [4.69, 9.17) is 14.2 Å². The average molecular weight is 449 g/mol. The van der Waals surface area contributed by atoms with Crippen molar-refractivity contribution >= 4 is 17.9 Å². The zero-order valence-corrected chi connectivity index (χ0v) is 20.4. The predicted molar refractivity (Wildman–Crippen MR) is 118 cm³/mol. The third-order valence-electron chi connectivity index (χ3n) is 9.82. The van der Waals surface area contributed by atoms with Crippen LogP contribution in [0, 0.1) is 40.4 Å². The quantitative estimate of drug-likeness (QED) is 0.459. The maximum Gasteiger partial charge on any atom is 0.302 e. The summed E-state index contributed by atoms with van der Waals surface area (Å²) >= 11 is 0. The van der Waals surface area contributed by atoms with Crippen molar-refractivity contribution in [2.24, 2.45) is 40.4 Å². The van der Waals surface area contributed by atoms with Crippen molar-refractivity contribution in [3.8, 4) is 0 Å². The fourth-order valence-corrected chi connectivity index (χ4v) is 8.48. The monoisotopic (exact) mass is 448 g/mol. The molecule has 6 heteroatoms. The normalized spacial score (nSPS) is 45.1. The fraction of sp³-hybridized carbons (Fsp3) is 0.885. The highest BCUT2D eigenvalue weighted by atomic mass is 16.6. The van der Waals surface area contributed by atoms with Crippen molar-refractivity contribution in [1.29, 1.82) is 0 Å². The molecule has 4 saturated carbocycles. The van der Waals surface area contributed by atoms with Gasteiger partial charge in [-0.1, -0.05) is 13.8 Å². The van der Waals surface area contributed by atoms with Crippen LogP contribution in [0.4, 0.5) is 0 Å². The molecule has 0 spiro atoms. The number of carbonyl (C=O) groups excluding carboxylic acids is 3. The van der Waals surface area contributed by atoms with Crippen LogP contribution in [0.15, 0.2) is 0 Å². The Morgan fingerprint density at radius 2 is 1.47 bits per heavy atom. The molecule has 32 heavy (non-hydrogen) atoms. The molecule has 180 valence electrons. The largest absolute Gasteiger partial charge is 0.465 e. The van der Waals surface area contributed by atoms with Crippen LogP contribution >= 0.6 is 0 Å². The highest BCUT2D eigenvalue weighted by Gasteiger charge is 2.63. The standard InChI is InChI=1S/C26H40O6/c1-15(27)30-14-18-12-23-21-7-6-19-13-20(31-16(2)28)8-10-25(19,4)22(21)9-11-26(23,5)24(18)32-17(3)29/h18-24H,6-14H2,1-5H3/t18-,19+,20+,21-,22+,23+,24-,25+,26+/m1/s1. The van der Waals surface area contributed by atoms with Crippen LogP contribution < -0.4 is 0 Å². The Morgan fingerprint density at radius 3 is 2.12 bits per heavy atom. The first-order chi connectivity index (χ1) is 15.0. The second-order valence-corrected chi connectivity index (χ2v) is 11.5. The van der Waals surface area contributed by atoms with E-state index in [9.17, 15) is 14.4 Å². The van der Waals surface area contributed by atoms with Crippen LogP contribution in [0.1, 0.15) is 86.0 Å². The minimum atomic E-state index is -0.276.